The van der Waals surface area contributed by atoms with Gasteiger partial charge < -0.3 is 25.5 Å². The van der Waals surface area contributed by atoms with Crippen LogP contribution in [0.1, 0.15) is 13.8 Å². The Morgan fingerprint density at radius 3 is 1.54 bits per heavy atom. The average Bonchev–Trinajstić information content (AvgIpc) is 2.09. The van der Waals surface area contributed by atoms with Gasteiger partial charge in [-0.05, 0) is 6.92 Å². The van der Waals surface area contributed by atoms with Crippen LogP contribution in [0.3, 0.4) is 0 Å². The first-order chi connectivity index (χ1) is 5.80. The van der Waals surface area contributed by atoms with Crippen LogP contribution in [0.15, 0.2) is 0 Å². The van der Waals surface area contributed by atoms with E-state index in [4.69, 9.17) is 0 Å². The van der Waals surface area contributed by atoms with Gasteiger partial charge in [-0.3, -0.25) is 0 Å². The predicted molar refractivity (Wildman–Crippen MR) is 43.8 cm³/mol. The van der Waals surface area contributed by atoms with Crippen LogP contribution in [0.5, 0.6) is 0 Å². The minimum atomic E-state index is -1.87. The second kappa shape index (κ2) is 3.18. The fraction of sp³-hybridized carbons (Fsp3) is 1.00. The second-order valence-electron chi connectivity index (χ2n) is 3.96. The Balaban J connectivity index is 2.93. The van der Waals surface area contributed by atoms with Crippen molar-refractivity contribution in [2.75, 3.05) is 0 Å². The zero-order valence-corrected chi connectivity index (χ0v) is 7.62. The minimum absolute atomic E-state index is 0.662. The lowest BCUT2D eigenvalue weighted by atomic mass is 9.72. The first kappa shape index (κ1) is 10.9. The molecule has 5 N–H and O–H groups in total. The highest BCUT2D eigenvalue weighted by Crippen LogP contribution is 2.32. The van der Waals surface area contributed by atoms with E-state index in [0.29, 0.717) is 0 Å². The van der Waals surface area contributed by atoms with Crippen molar-refractivity contribution in [2.45, 2.75) is 43.9 Å². The topological polar surface area (TPSA) is 101 Å². The summed E-state index contributed by atoms with van der Waals surface area (Å²) < 4.78 is 0. The molecule has 1 rings (SSSR count). The van der Waals surface area contributed by atoms with Gasteiger partial charge in [-0.2, -0.15) is 0 Å². The lowest BCUT2D eigenvalue weighted by Crippen LogP contribution is -2.66. The van der Waals surface area contributed by atoms with Crippen LogP contribution in [-0.2, 0) is 0 Å². The lowest BCUT2D eigenvalue weighted by molar-refractivity contribution is -0.244. The molecule has 1 fully saturated rings. The lowest BCUT2D eigenvalue weighted by Gasteiger charge is -2.46. The van der Waals surface area contributed by atoms with Gasteiger partial charge in [-0.15, -0.1) is 0 Å². The number of aliphatic hydroxyl groups excluding tert-OH is 4. The van der Waals surface area contributed by atoms with Crippen molar-refractivity contribution in [3.05, 3.63) is 0 Å². The fourth-order valence-corrected chi connectivity index (χ4v) is 1.64. The molecule has 13 heavy (non-hydrogen) atoms. The minimum Gasteiger partial charge on any atom is -0.390 e. The van der Waals surface area contributed by atoms with Crippen molar-refractivity contribution >= 4 is 0 Å². The van der Waals surface area contributed by atoms with Crippen LogP contribution < -0.4 is 0 Å². The summed E-state index contributed by atoms with van der Waals surface area (Å²) in [5.41, 5.74) is -1.87. The molecule has 0 radical (unpaired) electrons. The Labute approximate surface area is 76.3 Å². The van der Waals surface area contributed by atoms with E-state index in [-0.39, 0.29) is 0 Å². The molecule has 4 unspecified atom stereocenters. The van der Waals surface area contributed by atoms with Crippen molar-refractivity contribution in [1.29, 1.82) is 0 Å². The molecule has 4 atom stereocenters. The summed E-state index contributed by atoms with van der Waals surface area (Å²) in [5.74, 6) is -0.662. The highest BCUT2D eigenvalue weighted by molar-refractivity contribution is 5.04. The molecule has 0 spiro atoms. The zero-order valence-electron chi connectivity index (χ0n) is 7.62. The van der Waals surface area contributed by atoms with E-state index in [1.54, 1.807) is 0 Å². The second-order valence-corrected chi connectivity index (χ2v) is 3.96. The summed E-state index contributed by atoms with van der Waals surface area (Å²) in [4.78, 5) is 0. The molecule has 1 aliphatic carbocycles. The van der Waals surface area contributed by atoms with Gasteiger partial charge >= 0.3 is 0 Å². The monoisotopic (exact) mass is 192 g/mol. The molecule has 0 aliphatic heterocycles. The van der Waals surface area contributed by atoms with Crippen molar-refractivity contribution in [2.24, 2.45) is 5.92 Å². The molecule has 1 aliphatic rings. The Hall–Kier alpha value is -0.200. The average molecular weight is 192 g/mol. The Bertz CT molecular complexity index is 175. The van der Waals surface area contributed by atoms with E-state index in [9.17, 15) is 25.5 Å². The third-order valence-corrected chi connectivity index (χ3v) is 2.92. The molecule has 0 heterocycles. The molecule has 78 valence electrons. The third-order valence-electron chi connectivity index (χ3n) is 2.92. The van der Waals surface area contributed by atoms with Crippen molar-refractivity contribution in [1.82, 2.24) is 0 Å². The van der Waals surface area contributed by atoms with Crippen LogP contribution in [0.4, 0.5) is 0 Å². The van der Waals surface area contributed by atoms with Crippen molar-refractivity contribution in [3.63, 3.8) is 0 Å². The van der Waals surface area contributed by atoms with E-state index in [1.807, 2.05) is 0 Å². The molecule has 5 nitrogen and oxygen atoms in total. The number of hydrogen-bond donors (Lipinski definition) is 5. The normalized spacial score (nSPS) is 57.9. The number of rotatable bonds is 0. The van der Waals surface area contributed by atoms with E-state index in [1.165, 1.54) is 13.8 Å². The van der Waals surface area contributed by atoms with Crippen LogP contribution in [0.2, 0.25) is 0 Å². The highest BCUT2D eigenvalue weighted by atomic mass is 16.4. The Morgan fingerprint density at radius 2 is 1.23 bits per heavy atom. The van der Waals surface area contributed by atoms with Crippen LogP contribution in [-0.4, -0.2) is 55.5 Å². The summed E-state index contributed by atoms with van der Waals surface area (Å²) in [6.45, 7) is 2.68. The Morgan fingerprint density at radius 1 is 0.923 bits per heavy atom. The van der Waals surface area contributed by atoms with Gasteiger partial charge in [0.2, 0.25) is 0 Å². The van der Waals surface area contributed by atoms with Gasteiger partial charge in [-0.1, -0.05) is 6.92 Å². The quantitative estimate of drug-likeness (QED) is 0.301. The van der Waals surface area contributed by atoms with Gasteiger partial charge in [0.05, 0.1) is 12.2 Å². The molecular formula is C8H16O5. The van der Waals surface area contributed by atoms with Gasteiger partial charge in [0.25, 0.3) is 0 Å². The van der Waals surface area contributed by atoms with E-state index in [2.05, 4.69) is 0 Å². The first-order valence-electron chi connectivity index (χ1n) is 4.24. The van der Waals surface area contributed by atoms with Crippen LogP contribution in [0.25, 0.3) is 0 Å². The maximum Gasteiger partial charge on any atom is 0.119 e. The molecule has 0 saturated heterocycles. The molecule has 0 aromatic carbocycles. The first-order valence-corrected chi connectivity index (χ1v) is 4.24. The third kappa shape index (κ3) is 1.47. The van der Waals surface area contributed by atoms with E-state index >= 15 is 0 Å². The van der Waals surface area contributed by atoms with E-state index < -0.39 is 35.9 Å². The maximum absolute atomic E-state index is 9.55. The van der Waals surface area contributed by atoms with E-state index in [0.717, 1.165) is 0 Å². The standard InChI is InChI=1S/C8H16O5/c1-3-4(9)6(11)8(2,13)7(12)5(3)10/h3-7,9-13H,1-2H3. The molecule has 5 heteroatoms. The molecule has 0 aromatic rings. The molecule has 0 amide bonds. The molecule has 0 aromatic heterocycles. The van der Waals surface area contributed by atoms with Gasteiger partial charge in [0.1, 0.15) is 17.8 Å². The van der Waals surface area contributed by atoms with Gasteiger partial charge in [0.15, 0.2) is 0 Å². The summed E-state index contributed by atoms with van der Waals surface area (Å²) in [6, 6.07) is 0. The fourth-order valence-electron chi connectivity index (χ4n) is 1.64. The van der Waals surface area contributed by atoms with Crippen molar-refractivity contribution in [3.8, 4) is 0 Å². The summed E-state index contributed by atoms with van der Waals surface area (Å²) in [6.07, 6.45) is -5.34. The largest absolute Gasteiger partial charge is 0.390 e. The summed E-state index contributed by atoms with van der Waals surface area (Å²) >= 11 is 0. The molecule has 0 bridgehead atoms. The summed E-state index contributed by atoms with van der Waals surface area (Å²) in [7, 11) is 0. The van der Waals surface area contributed by atoms with Crippen LogP contribution >= 0.6 is 0 Å². The van der Waals surface area contributed by atoms with Crippen LogP contribution in [0, 0.1) is 5.92 Å². The SMILES string of the molecule is CC1C(O)C(O)C(C)(O)C(O)C1O. The predicted octanol–water partition coefficient (Wildman–Crippen LogP) is -2.17. The highest BCUT2D eigenvalue weighted by Gasteiger charge is 2.53. The molecule has 1 saturated carbocycles. The van der Waals surface area contributed by atoms with Gasteiger partial charge in [0, 0.05) is 5.92 Å². The van der Waals surface area contributed by atoms with Crippen molar-refractivity contribution < 1.29 is 25.5 Å². The smallest absolute Gasteiger partial charge is 0.119 e. The maximum atomic E-state index is 9.55. The zero-order chi connectivity index (χ0) is 10.4. The number of hydrogen-bond acceptors (Lipinski definition) is 5. The number of aliphatic hydroxyl groups is 5. The molecular weight excluding hydrogens is 176 g/mol. The summed E-state index contributed by atoms with van der Waals surface area (Å²) in [5, 5.41) is 47.1. The van der Waals surface area contributed by atoms with Gasteiger partial charge in [-0.25, -0.2) is 0 Å². The Kier molecular flexibility index (Phi) is 2.66.